The van der Waals surface area contributed by atoms with E-state index in [0.717, 1.165) is 23.3 Å². The largest absolute Gasteiger partial charge is 0.280 e. The zero-order valence-corrected chi connectivity index (χ0v) is 19.3. The van der Waals surface area contributed by atoms with E-state index in [9.17, 15) is 21.2 Å². The summed E-state index contributed by atoms with van der Waals surface area (Å²) in [7, 11) is -7.66. The monoisotopic (exact) mass is 474 g/mol. The van der Waals surface area contributed by atoms with Crippen molar-refractivity contribution >= 4 is 31.4 Å². The van der Waals surface area contributed by atoms with Crippen LogP contribution >= 0.6 is 0 Å². The van der Waals surface area contributed by atoms with Crippen LogP contribution < -0.4 is 9.03 Å². The number of nitrogens with zero attached hydrogens (tertiary/aromatic N) is 1. The van der Waals surface area contributed by atoms with Crippen LogP contribution in [-0.2, 0) is 26.5 Å². The topological polar surface area (TPSA) is 83.6 Å². The van der Waals surface area contributed by atoms with Gasteiger partial charge in [-0.2, -0.15) is 0 Å². The summed E-state index contributed by atoms with van der Waals surface area (Å²) in [6, 6.07) is 14.6. The van der Waals surface area contributed by atoms with Gasteiger partial charge in [-0.3, -0.25) is 9.03 Å². The summed E-state index contributed by atoms with van der Waals surface area (Å²) in [6.45, 7) is 3.90. The molecule has 0 bridgehead atoms. The number of aryl methyl sites for hydroxylation is 2. The van der Waals surface area contributed by atoms with E-state index in [4.69, 9.17) is 0 Å². The lowest BCUT2D eigenvalue weighted by atomic mass is 10.0. The highest BCUT2D eigenvalue weighted by Crippen LogP contribution is 2.34. The number of halogens is 1. The predicted molar refractivity (Wildman–Crippen MR) is 122 cm³/mol. The summed E-state index contributed by atoms with van der Waals surface area (Å²) in [6.07, 6.45) is 1.20. The van der Waals surface area contributed by atoms with Crippen LogP contribution in [0.1, 0.15) is 23.1 Å². The number of fused-ring (bicyclic) bond motifs is 1. The first-order chi connectivity index (χ1) is 15.1. The molecule has 3 aromatic carbocycles. The Morgan fingerprint density at radius 2 is 1.66 bits per heavy atom. The summed E-state index contributed by atoms with van der Waals surface area (Å²) in [5.41, 5.74) is 3.14. The van der Waals surface area contributed by atoms with E-state index in [2.05, 4.69) is 4.72 Å². The van der Waals surface area contributed by atoms with Crippen LogP contribution in [0.5, 0.6) is 0 Å². The van der Waals surface area contributed by atoms with Crippen molar-refractivity contribution in [1.29, 1.82) is 0 Å². The highest BCUT2D eigenvalue weighted by Gasteiger charge is 2.29. The standard InChI is InChI=1S/C23H23FN2O4S2/c1-16-5-3-7-23(17(16)2)31(27,28)25-20-10-13-22-18(15-20)6-4-14-26(22)32(29,30)21-11-8-19(24)9-12-21/h3,5,7-13,15,25H,4,6,14H2,1-2H3. The average Bonchev–Trinajstić information content (AvgIpc) is 2.75. The van der Waals surface area contributed by atoms with Gasteiger partial charge in [-0.15, -0.1) is 0 Å². The molecule has 1 aliphatic heterocycles. The van der Waals surface area contributed by atoms with E-state index in [1.54, 1.807) is 37.3 Å². The SMILES string of the molecule is Cc1cccc(S(=O)(=O)Nc2ccc3c(c2)CCCN3S(=O)(=O)c2ccc(F)cc2)c1C. The van der Waals surface area contributed by atoms with E-state index in [0.29, 0.717) is 36.3 Å². The molecule has 168 valence electrons. The third-order valence-corrected chi connectivity index (χ3v) is 9.01. The number of hydrogen-bond acceptors (Lipinski definition) is 4. The molecule has 9 heteroatoms. The van der Waals surface area contributed by atoms with Crippen molar-refractivity contribution in [3.63, 3.8) is 0 Å². The maximum absolute atomic E-state index is 13.2. The molecule has 0 atom stereocenters. The van der Waals surface area contributed by atoms with Gasteiger partial charge in [0.15, 0.2) is 0 Å². The van der Waals surface area contributed by atoms with Crippen LogP contribution in [0.3, 0.4) is 0 Å². The van der Waals surface area contributed by atoms with Crippen molar-refractivity contribution < 1.29 is 21.2 Å². The fraction of sp³-hybridized carbons (Fsp3) is 0.217. The molecule has 0 radical (unpaired) electrons. The van der Waals surface area contributed by atoms with Gasteiger partial charge in [0.05, 0.1) is 15.5 Å². The number of benzene rings is 3. The molecule has 0 unspecified atom stereocenters. The minimum atomic E-state index is -3.87. The zero-order valence-electron chi connectivity index (χ0n) is 17.7. The molecule has 1 N–H and O–H groups in total. The summed E-state index contributed by atoms with van der Waals surface area (Å²) in [5, 5.41) is 0. The minimum absolute atomic E-state index is 0.00597. The van der Waals surface area contributed by atoms with Gasteiger partial charge in [0.2, 0.25) is 0 Å². The van der Waals surface area contributed by atoms with E-state index in [-0.39, 0.29) is 9.79 Å². The summed E-state index contributed by atoms with van der Waals surface area (Å²) >= 11 is 0. The lowest BCUT2D eigenvalue weighted by molar-refractivity contribution is 0.585. The van der Waals surface area contributed by atoms with Crippen LogP contribution in [-0.4, -0.2) is 23.4 Å². The number of anilines is 2. The highest BCUT2D eigenvalue weighted by molar-refractivity contribution is 7.93. The molecule has 0 saturated heterocycles. The van der Waals surface area contributed by atoms with E-state index in [1.807, 2.05) is 13.0 Å². The van der Waals surface area contributed by atoms with Crippen molar-refractivity contribution in [2.24, 2.45) is 0 Å². The lowest BCUT2D eigenvalue weighted by Crippen LogP contribution is -2.35. The van der Waals surface area contributed by atoms with Gasteiger partial charge in [0.25, 0.3) is 20.0 Å². The molecule has 0 aromatic heterocycles. The molecule has 3 aromatic rings. The quantitative estimate of drug-likeness (QED) is 0.595. The average molecular weight is 475 g/mol. The fourth-order valence-electron chi connectivity index (χ4n) is 3.83. The van der Waals surface area contributed by atoms with Gasteiger partial charge >= 0.3 is 0 Å². The molecule has 0 saturated carbocycles. The fourth-order valence-corrected chi connectivity index (χ4v) is 6.75. The first-order valence-corrected chi connectivity index (χ1v) is 13.0. The molecule has 32 heavy (non-hydrogen) atoms. The lowest BCUT2D eigenvalue weighted by Gasteiger charge is -2.31. The molecular weight excluding hydrogens is 451 g/mol. The Labute approximate surface area is 187 Å². The second kappa shape index (κ2) is 8.22. The van der Waals surface area contributed by atoms with Gasteiger partial charge in [0, 0.05) is 12.2 Å². The number of hydrogen-bond donors (Lipinski definition) is 1. The molecule has 0 aliphatic carbocycles. The molecule has 0 amide bonds. The third kappa shape index (κ3) is 4.10. The predicted octanol–water partition coefficient (Wildman–Crippen LogP) is 4.38. The van der Waals surface area contributed by atoms with Crippen LogP contribution in [0.15, 0.2) is 70.5 Å². The van der Waals surface area contributed by atoms with Crippen molar-refractivity contribution in [3.05, 3.63) is 83.2 Å². The molecule has 1 heterocycles. The Hall–Kier alpha value is -2.91. The first-order valence-electron chi connectivity index (χ1n) is 10.1. The second-order valence-electron chi connectivity index (χ2n) is 7.78. The van der Waals surface area contributed by atoms with Crippen LogP contribution in [0.25, 0.3) is 0 Å². The Kier molecular flexibility index (Phi) is 5.72. The summed E-state index contributed by atoms with van der Waals surface area (Å²) in [5.74, 6) is -0.510. The highest BCUT2D eigenvalue weighted by atomic mass is 32.2. The van der Waals surface area contributed by atoms with E-state index >= 15 is 0 Å². The Balaban J connectivity index is 1.67. The summed E-state index contributed by atoms with van der Waals surface area (Å²) in [4.78, 5) is 0.210. The second-order valence-corrected chi connectivity index (χ2v) is 11.3. The zero-order chi connectivity index (χ0) is 23.1. The van der Waals surface area contributed by atoms with Crippen LogP contribution in [0, 0.1) is 19.7 Å². The van der Waals surface area contributed by atoms with Crippen molar-refractivity contribution in [3.8, 4) is 0 Å². The number of rotatable bonds is 5. The van der Waals surface area contributed by atoms with Crippen LogP contribution in [0.2, 0.25) is 0 Å². The normalized spacial score (nSPS) is 14.2. The molecule has 6 nitrogen and oxygen atoms in total. The third-order valence-electron chi connectivity index (χ3n) is 5.65. The number of sulfonamides is 2. The maximum Gasteiger partial charge on any atom is 0.264 e. The minimum Gasteiger partial charge on any atom is -0.280 e. The van der Waals surface area contributed by atoms with E-state index < -0.39 is 25.9 Å². The molecule has 0 fully saturated rings. The first kappa shape index (κ1) is 22.3. The van der Waals surface area contributed by atoms with Gasteiger partial charge in [-0.25, -0.2) is 21.2 Å². The Morgan fingerprint density at radius 1 is 0.938 bits per heavy atom. The van der Waals surface area contributed by atoms with Crippen molar-refractivity contribution in [2.45, 2.75) is 36.5 Å². The van der Waals surface area contributed by atoms with Gasteiger partial charge in [0.1, 0.15) is 5.82 Å². The maximum atomic E-state index is 13.2. The van der Waals surface area contributed by atoms with Gasteiger partial charge in [-0.05, 0) is 91.9 Å². The van der Waals surface area contributed by atoms with E-state index in [1.165, 1.54) is 16.4 Å². The van der Waals surface area contributed by atoms with Gasteiger partial charge in [-0.1, -0.05) is 12.1 Å². The van der Waals surface area contributed by atoms with Crippen molar-refractivity contribution in [1.82, 2.24) is 0 Å². The molecule has 1 aliphatic rings. The Morgan fingerprint density at radius 3 is 2.38 bits per heavy atom. The summed E-state index contributed by atoms with van der Waals surface area (Å²) < 4.78 is 69.2. The Bertz CT molecular complexity index is 1390. The number of nitrogens with one attached hydrogen (secondary N) is 1. The van der Waals surface area contributed by atoms with Gasteiger partial charge < -0.3 is 0 Å². The molecule has 4 rings (SSSR count). The van der Waals surface area contributed by atoms with Crippen LogP contribution in [0.4, 0.5) is 15.8 Å². The molecular formula is C23H23FN2O4S2. The molecule has 0 spiro atoms. The smallest absolute Gasteiger partial charge is 0.264 e. The van der Waals surface area contributed by atoms with Crippen molar-refractivity contribution in [2.75, 3.05) is 15.6 Å².